The monoisotopic (exact) mass is 240 g/mol. The third-order valence-corrected chi connectivity index (χ3v) is 1.92. The van der Waals surface area contributed by atoms with Crippen LogP contribution in [0.25, 0.3) is 0 Å². The molecule has 0 spiro atoms. The first-order valence-corrected chi connectivity index (χ1v) is 4.77. The Labute approximate surface area is 96.4 Å². The molecule has 1 aromatic heterocycles. The Morgan fingerprint density at radius 1 is 1.35 bits per heavy atom. The molecule has 4 N–H and O–H groups in total. The second kappa shape index (κ2) is 5.64. The average Bonchev–Trinajstić information content (AvgIpc) is 2.69. The molecule has 17 heavy (non-hydrogen) atoms. The van der Waals surface area contributed by atoms with Crippen LogP contribution < -0.4 is 10.6 Å². The first-order valence-electron chi connectivity index (χ1n) is 4.77. The summed E-state index contributed by atoms with van der Waals surface area (Å²) in [4.78, 5) is 32.8. The van der Waals surface area contributed by atoms with Crippen molar-refractivity contribution in [3.63, 3.8) is 0 Å². The van der Waals surface area contributed by atoms with Gasteiger partial charge in [-0.1, -0.05) is 0 Å². The highest BCUT2D eigenvalue weighted by Gasteiger charge is 2.12. The van der Waals surface area contributed by atoms with Crippen molar-refractivity contribution in [3.8, 4) is 0 Å². The number of carboxylic acid groups (broad SMARTS) is 1. The molecule has 0 atom stereocenters. The first-order chi connectivity index (χ1) is 8.00. The molecule has 0 aliphatic rings. The molecular weight excluding hydrogens is 228 g/mol. The maximum Gasteiger partial charge on any atom is 0.322 e. The van der Waals surface area contributed by atoms with Crippen LogP contribution in [0.4, 0.5) is 0 Å². The number of aromatic amines is 1. The lowest BCUT2D eigenvalue weighted by Gasteiger charge is -2.04. The van der Waals surface area contributed by atoms with Crippen LogP contribution in [-0.4, -0.2) is 46.2 Å². The number of rotatable bonds is 5. The molecule has 0 fully saturated rings. The van der Waals surface area contributed by atoms with Gasteiger partial charge in [0.25, 0.3) is 5.91 Å². The van der Waals surface area contributed by atoms with Gasteiger partial charge in [-0.15, -0.1) is 0 Å². The van der Waals surface area contributed by atoms with Crippen LogP contribution in [0.5, 0.6) is 0 Å². The van der Waals surface area contributed by atoms with Crippen LogP contribution in [0.2, 0.25) is 0 Å². The lowest BCUT2D eigenvalue weighted by Crippen LogP contribution is -2.39. The van der Waals surface area contributed by atoms with Crippen molar-refractivity contribution < 1.29 is 19.5 Å². The van der Waals surface area contributed by atoms with Crippen molar-refractivity contribution >= 4 is 17.8 Å². The summed E-state index contributed by atoms with van der Waals surface area (Å²) in [7, 11) is 0. The number of carbonyl (C=O) groups is 3. The molecule has 8 heteroatoms. The molecule has 0 bridgehead atoms. The van der Waals surface area contributed by atoms with E-state index in [4.69, 9.17) is 5.11 Å². The van der Waals surface area contributed by atoms with E-state index in [1.54, 1.807) is 6.92 Å². The van der Waals surface area contributed by atoms with E-state index in [0.29, 0.717) is 11.3 Å². The van der Waals surface area contributed by atoms with Gasteiger partial charge in [0.1, 0.15) is 6.54 Å². The van der Waals surface area contributed by atoms with E-state index in [9.17, 15) is 14.4 Å². The van der Waals surface area contributed by atoms with E-state index in [0.717, 1.165) is 0 Å². The number of aryl methyl sites for hydroxylation is 1. The fourth-order valence-electron chi connectivity index (χ4n) is 1.07. The van der Waals surface area contributed by atoms with Gasteiger partial charge in [-0.25, -0.2) is 0 Å². The minimum absolute atomic E-state index is 0.281. The quantitative estimate of drug-likeness (QED) is 0.506. The third kappa shape index (κ3) is 3.93. The Morgan fingerprint density at radius 3 is 2.59 bits per heavy atom. The van der Waals surface area contributed by atoms with Crippen molar-refractivity contribution in [2.45, 2.75) is 6.92 Å². The summed E-state index contributed by atoms with van der Waals surface area (Å²) in [6.07, 6.45) is 1.35. The van der Waals surface area contributed by atoms with Crippen LogP contribution in [0.15, 0.2) is 6.20 Å². The van der Waals surface area contributed by atoms with Gasteiger partial charge in [0.15, 0.2) is 0 Å². The summed E-state index contributed by atoms with van der Waals surface area (Å²) in [5.74, 6) is -2.15. The van der Waals surface area contributed by atoms with Crippen LogP contribution in [-0.2, 0) is 9.59 Å². The largest absolute Gasteiger partial charge is 0.480 e. The Kier molecular flexibility index (Phi) is 4.21. The number of aromatic nitrogens is 2. The summed E-state index contributed by atoms with van der Waals surface area (Å²) in [6, 6.07) is 0. The molecule has 0 saturated heterocycles. The third-order valence-electron chi connectivity index (χ3n) is 1.92. The van der Waals surface area contributed by atoms with Crippen LogP contribution in [0, 0.1) is 6.92 Å². The second-order valence-electron chi connectivity index (χ2n) is 3.26. The Balaban J connectivity index is 2.36. The van der Waals surface area contributed by atoms with Gasteiger partial charge in [-0.05, 0) is 6.92 Å². The van der Waals surface area contributed by atoms with Gasteiger partial charge in [-0.2, -0.15) is 5.10 Å². The molecule has 8 nitrogen and oxygen atoms in total. The summed E-state index contributed by atoms with van der Waals surface area (Å²) < 4.78 is 0. The van der Waals surface area contributed by atoms with E-state index in [1.807, 2.05) is 0 Å². The predicted octanol–water partition coefficient (Wildman–Crippen LogP) is -1.35. The van der Waals surface area contributed by atoms with Crippen molar-refractivity contribution in [2.24, 2.45) is 0 Å². The molecule has 1 heterocycles. The number of hydrogen-bond acceptors (Lipinski definition) is 4. The zero-order valence-corrected chi connectivity index (χ0v) is 9.11. The Bertz CT molecular complexity index is 440. The number of carboxylic acids is 1. The molecule has 0 radical (unpaired) electrons. The van der Waals surface area contributed by atoms with E-state index >= 15 is 0 Å². The lowest BCUT2D eigenvalue weighted by atomic mass is 10.2. The zero-order chi connectivity index (χ0) is 12.8. The van der Waals surface area contributed by atoms with Crippen LogP contribution in [0.1, 0.15) is 16.1 Å². The van der Waals surface area contributed by atoms with Gasteiger partial charge >= 0.3 is 5.97 Å². The van der Waals surface area contributed by atoms with Crippen molar-refractivity contribution in [3.05, 3.63) is 17.5 Å². The maximum absolute atomic E-state index is 11.5. The van der Waals surface area contributed by atoms with E-state index in [2.05, 4.69) is 20.8 Å². The Hall–Kier alpha value is -2.38. The summed E-state index contributed by atoms with van der Waals surface area (Å²) >= 11 is 0. The maximum atomic E-state index is 11.5. The van der Waals surface area contributed by atoms with Crippen molar-refractivity contribution in [1.82, 2.24) is 20.8 Å². The lowest BCUT2D eigenvalue weighted by molar-refractivity contribution is -0.137. The van der Waals surface area contributed by atoms with E-state index in [1.165, 1.54) is 6.20 Å². The molecule has 0 aliphatic heterocycles. The molecular formula is C9H12N4O4. The fraction of sp³-hybridized carbons (Fsp3) is 0.333. The average molecular weight is 240 g/mol. The van der Waals surface area contributed by atoms with E-state index < -0.39 is 24.3 Å². The number of nitrogens with one attached hydrogen (secondary N) is 3. The van der Waals surface area contributed by atoms with Gasteiger partial charge in [0.2, 0.25) is 5.91 Å². The summed E-state index contributed by atoms with van der Waals surface area (Å²) in [6.45, 7) is 0.919. The number of carbonyl (C=O) groups excluding carboxylic acids is 2. The smallest absolute Gasteiger partial charge is 0.322 e. The highest BCUT2D eigenvalue weighted by atomic mass is 16.4. The highest BCUT2D eigenvalue weighted by molar-refractivity contribution is 5.97. The standard InChI is InChI=1S/C9H12N4O4/c1-5-6(2-12-13-5)9(17)11-3-7(14)10-4-8(15)16/h2H,3-4H2,1H3,(H,10,14)(H,11,17)(H,12,13)(H,15,16). The number of nitrogens with zero attached hydrogens (tertiary/aromatic N) is 1. The van der Waals surface area contributed by atoms with Crippen LogP contribution >= 0.6 is 0 Å². The topological polar surface area (TPSA) is 124 Å². The van der Waals surface area contributed by atoms with Gasteiger partial charge in [0.05, 0.1) is 18.3 Å². The minimum atomic E-state index is -1.14. The molecule has 0 aromatic carbocycles. The number of hydrogen-bond donors (Lipinski definition) is 4. The highest BCUT2D eigenvalue weighted by Crippen LogP contribution is 2.00. The summed E-state index contributed by atoms with van der Waals surface area (Å²) in [5.41, 5.74) is 0.935. The number of amides is 2. The molecule has 0 aliphatic carbocycles. The number of aliphatic carboxylic acids is 1. The molecule has 1 rings (SSSR count). The minimum Gasteiger partial charge on any atom is -0.480 e. The molecule has 0 unspecified atom stereocenters. The molecule has 1 aromatic rings. The fourth-order valence-corrected chi connectivity index (χ4v) is 1.07. The second-order valence-corrected chi connectivity index (χ2v) is 3.26. The Morgan fingerprint density at radius 2 is 2.06 bits per heavy atom. The molecule has 2 amide bonds. The normalized spacial score (nSPS) is 9.71. The molecule has 92 valence electrons. The van der Waals surface area contributed by atoms with Crippen molar-refractivity contribution in [2.75, 3.05) is 13.1 Å². The van der Waals surface area contributed by atoms with Gasteiger partial charge in [0, 0.05) is 5.69 Å². The van der Waals surface area contributed by atoms with E-state index in [-0.39, 0.29) is 6.54 Å². The summed E-state index contributed by atoms with van der Waals surface area (Å²) in [5, 5.41) is 19.0. The predicted molar refractivity (Wildman–Crippen MR) is 56.3 cm³/mol. The number of H-pyrrole nitrogens is 1. The van der Waals surface area contributed by atoms with Gasteiger partial charge in [-0.3, -0.25) is 19.5 Å². The SMILES string of the molecule is Cc1[nH]ncc1C(=O)NCC(=O)NCC(=O)O. The van der Waals surface area contributed by atoms with Crippen molar-refractivity contribution in [1.29, 1.82) is 0 Å². The molecule has 0 saturated carbocycles. The zero-order valence-electron chi connectivity index (χ0n) is 9.11. The van der Waals surface area contributed by atoms with Gasteiger partial charge < -0.3 is 15.7 Å². The first kappa shape index (κ1) is 12.7. The van der Waals surface area contributed by atoms with Crippen LogP contribution in [0.3, 0.4) is 0 Å².